The molecule has 0 radical (unpaired) electrons. The van der Waals surface area contributed by atoms with E-state index in [2.05, 4.69) is 214 Å². The summed E-state index contributed by atoms with van der Waals surface area (Å²) in [5.74, 6) is 0. The Labute approximate surface area is 356 Å². The monoisotopic (exact) mass is 780 g/mol. The molecule has 290 valence electrons. The van der Waals surface area contributed by atoms with Gasteiger partial charge in [-0.05, 0) is 131 Å². The van der Waals surface area contributed by atoms with Crippen LogP contribution >= 0.6 is 0 Å². The maximum atomic E-state index is 2.65. The summed E-state index contributed by atoms with van der Waals surface area (Å²) < 4.78 is 5.29. The van der Waals surface area contributed by atoms with Gasteiger partial charge in [0.25, 0.3) is 6.71 Å². The van der Waals surface area contributed by atoms with Crippen LogP contribution in [-0.4, -0.2) is 15.8 Å². The summed E-state index contributed by atoms with van der Waals surface area (Å²) in [4.78, 5) is 0. The third-order valence-corrected chi connectivity index (χ3v) is 14.1. The van der Waals surface area contributed by atoms with Crippen LogP contribution in [0.15, 0.2) is 164 Å². The average Bonchev–Trinajstić information content (AvgIpc) is 3.77. The van der Waals surface area contributed by atoms with E-state index in [9.17, 15) is 0 Å². The largest absolute Gasteiger partial charge is 0.310 e. The quantitative estimate of drug-likeness (QED) is 0.155. The molecular formula is C58H45BN2. The molecule has 11 aromatic rings. The number of aromatic nitrogens is 2. The molecule has 3 heteroatoms. The van der Waals surface area contributed by atoms with Gasteiger partial charge in [-0.25, -0.2) is 0 Å². The van der Waals surface area contributed by atoms with Crippen molar-refractivity contribution in [2.75, 3.05) is 0 Å². The van der Waals surface area contributed by atoms with Crippen molar-refractivity contribution in [3.05, 3.63) is 175 Å². The normalized spacial score (nSPS) is 13.4. The molecule has 9 aromatic carbocycles. The Hall–Kier alpha value is -6.84. The van der Waals surface area contributed by atoms with Crippen LogP contribution in [0.1, 0.15) is 52.7 Å². The van der Waals surface area contributed by atoms with Crippen LogP contribution in [0.3, 0.4) is 0 Å². The van der Waals surface area contributed by atoms with Crippen molar-refractivity contribution in [3.8, 4) is 33.6 Å². The second kappa shape index (κ2) is 11.9. The van der Waals surface area contributed by atoms with Gasteiger partial charge in [0, 0.05) is 44.0 Å². The van der Waals surface area contributed by atoms with Crippen molar-refractivity contribution in [1.82, 2.24) is 9.13 Å². The maximum Gasteiger partial charge on any atom is 0.253 e. The summed E-state index contributed by atoms with van der Waals surface area (Å²) in [7, 11) is 0. The molecule has 0 aliphatic carbocycles. The fourth-order valence-corrected chi connectivity index (χ4v) is 11.0. The minimum Gasteiger partial charge on any atom is -0.310 e. The molecule has 0 N–H and O–H groups in total. The fraction of sp³-hybridized carbons (Fsp3) is 0.138. The van der Waals surface area contributed by atoms with E-state index < -0.39 is 0 Å². The first-order chi connectivity index (χ1) is 29.5. The third kappa shape index (κ3) is 4.81. The van der Waals surface area contributed by atoms with Gasteiger partial charge in [-0.3, -0.25) is 0 Å². The van der Waals surface area contributed by atoms with Crippen molar-refractivity contribution in [1.29, 1.82) is 0 Å². The van der Waals surface area contributed by atoms with Gasteiger partial charge < -0.3 is 9.13 Å². The van der Waals surface area contributed by atoms with Gasteiger partial charge in [-0.15, -0.1) is 0 Å². The molecule has 0 amide bonds. The van der Waals surface area contributed by atoms with Gasteiger partial charge in [0.05, 0.1) is 11.0 Å². The van der Waals surface area contributed by atoms with E-state index in [1.165, 1.54) is 126 Å². The number of hydrogen-bond acceptors (Lipinski definition) is 0. The molecule has 61 heavy (non-hydrogen) atoms. The lowest BCUT2D eigenvalue weighted by molar-refractivity contribution is 0.590. The first kappa shape index (κ1) is 35.0. The summed E-state index contributed by atoms with van der Waals surface area (Å²) >= 11 is 0. The third-order valence-electron chi connectivity index (χ3n) is 14.1. The number of rotatable bonds is 2. The predicted octanol–water partition coefficient (Wildman–Crippen LogP) is 13.3. The minimum atomic E-state index is -0.0443. The van der Waals surface area contributed by atoms with E-state index in [4.69, 9.17) is 0 Å². The number of nitrogens with zero attached hydrogens (tertiary/aromatic N) is 2. The van der Waals surface area contributed by atoms with E-state index in [-0.39, 0.29) is 17.5 Å². The predicted molar refractivity (Wildman–Crippen MR) is 263 cm³/mol. The molecule has 4 heterocycles. The molecule has 2 aliphatic heterocycles. The standard InChI is InChI=1S/C58H45BN2/c1-57(2,3)41-24-25-49-45(31-41)47-32-42(58(4,5)6)33-48-55(47)60(49)51-29-40(36-22-20-35(21-23-36)34-14-8-7-9-15-34)30-52-54(51)59(48)53-43-19-13-12-18-39(43)27-46-44-26-37-16-10-11-17-38(37)28-50(44)61(52)56(46)53/h7-33H,1-6H3. The highest BCUT2D eigenvalue weighted by Crippen LogP contribution is 2.44. The average molecular weight is 781 g/mol. The SMILES string of the molecule is CC(C)(C)c1ccc2c(c1)c1cc(C(C)(C)C)cc3c1n2-c1cc(-c2ccc(-c4ccccc4)cc2)cc2c1B3c1c3ccccc3cc3c4cc5ccccc5cc4n-2c13. The van der Waals surface area contributed by atoms with Crippen LogP contribution in [0.4, 0.5) is 0 Å². The lowest BCUT2D eigenvalue weighted by Crippen LogP contribution is -2.59. The highest BCUT2D eigenvalue weighted by atomic mass is 15.0. The summed E-state index contributed by atoms with van der Waals surface area (Å²) in [5, 5.41) is 10.5. The second-order valence-electron chi connectivity index (χ2n) is 19.8. The Morgan fingerprint density at radius 3 is 1.61 bits per heavy atom. The van der Waals surface area contributed by atoms with Crippen molar-refractivity contribution in [2.24, 2.45) is 0 Å². The molecule has 2 nitrogen and oxygen atoms in total. The first-order valence-corrected chi connectivity index (χ1v) is 21.9. The van der Waals surface area contributed by atoms with Gasteiger partial charge in [0.2, 0.25) is 0 Å². The van der Waals surface area contributed by atoms with E-state index in [0.29, 0.717) is 0 Å². The van der Waals surface area contributed by atoms with Crippen molar-refractivity contribution in [2.45, 2.75) is 52.4 Å². The van der Waals surface area contributed by atoms with Crippen LogP contribution in [0, 0.1) is 0 Å². The molecular weight excluding hydrogens is 735 g/mol. The van der Waals surface area contributed by atoms with Crippen molar-refractivity contribution >= 4 is 88.3 Å². The highest BCUT2D eigenvalue weighted by molar-refractivity contribution is 7.01. The van der Waals surface area contributed by atoms with Gasteiger partial charge in [0.15, 0.2) is 0 Å². The van der Waals surface area contributed by atoms with Crippen molar-refractivity contribution in [3.63, 3.8) is 0 Å². The van der Waals surface area contributed by atoms with Gasteiger partial charge in [-0.2, -0.15) is 0 Å². The fourth-order valence-electron chi connectivity index (χ4n) is 11.0. The molecule has 0 atom stereocenters. The minimum absolute atomic E-state index is 0.0200. The second-order valence-corrected chi connectivity index (χ2v) is 19.8. The zero-order valence-corrected chi connectivity index (χ0v) is 35.6. The van der Waals surface area contributed by atoms with E-state index in [1.807, 2.05) is 0 Å². The molecule has 0 fully saturated rings. The molecule has 0 saturated heterocycles. The van der Waals surface area contributed by atoms with Gasteiger partial charge in [0.1, 0.15) is 0 Å². The van der Waals surface area contributed by atoms with Crippen LogP contribution in [0.2, 0.25) is 0 Å². The van der Waals surface area contributed by atoms with E-state index in [1.54, 1.807) is 0 Å². The molecule has 2 aromatic heterocycles. The topological polar surface area (TPSA) is 9.86 Å². The summed E-state index contributed by atoms with van der Waals surface area (Å²) in [6, 6.07) is 62.7. The lowest BCUT2D eigenvalue weighted by Gasteiger charge is -2.35. The molecule has 0 spiro atoms. The summed E-state index contributed by atoms with van der Waals surface area (Å²) in [6.07, 6.45) is 0. The van der Waals surface area contributed by atoms with Crippen molar-refractivity contribution < 1.29 is 0 Å². The Bertz CT molecular complexity index is 3700. The zero-order valence-electron chi connectivity index (χ0n) is 35.6. The maximum absolute atomic E-state index is 2.65. The van der Waals surface area contributed by atoms with Crippen LogP contribution in [-0.2, 0) is 10.8 Å². The Balaban J connectivity index is 1.23. The number of benzene rings is 9. The van der Waals surface area contributed by atoms with Crippen LogP contribution in [0.5, 0.6) is 0 Å². The van der Waals surface area contributed by atoms with Crippen LogP contribution < -0.4 is 16.4 Å². The lowest BCUT2D eigenvalue weighted by atomic mass is 9.33. The van der Waals surface area contributed by atoms with Crippen LogP contribution in [0.25, 0.3) is 98.8 Å². The molecule has 0 saturated carbocycles. The number of fused-ring (bicyclic) bond motifs is 13. The smallest absolute Gasteiger partial charge is 0.253 e. The Morgan fingerprint density at radius 2 is 0.902 bits per heavy atom. The Morgan fingerprint density at radius 1 is 0.361 bits per heavy atom. The van der Waals surface area contributed by atoms with E-state index >= 15 is 0 Å². The first-order valence-electron chi connectivity index (χ1n) is 21.9. The van der Waals surface area contributed by atoms with E-state index in [0.717, 1.165) is 0 Å². The number of hydrogen-bond donors (Lipinski definition) is 0. The van der Waals surface area contributed by atoms with Gasteiger partial charge in [-0.1, -0.05) is 157 Å². The van der Waals surface area contributed by atoms with Gasteiger partial charge >= 0.3 is 0 Å². The molecule has 0 unspecified atom stereocenters. The molecule has 0 bridgehead atoms. The summed E-state index contributed by atoms with van der Waals surface area (Å²) in [5.41, 5.74) is 19.6. The molecule has 13 rings (SSSR count). The summed E-state index contributed by atoms with van der Waals surface area (Å²) in [6.45, 7) is 14.2. The zero-order chi connectivity index (χ0) is 41.1. The highest BCUT2D eigenvalue weighted by Gasteiger charge is 2.43. The Kier molecular flexibility index (Phi) is 6.83. The molecule has 2 aliphatic rings.